The summed E-state index contributed by atoms with van der Waals surface area (Å²) in [4.78, 5) is 12.4. The second kappa shape index (κ2) is 3.02. The lowest BCUT2D eigenvalue weighted by molar-refractivity contribution is 0.0938. The predicted molar refractivity (Wildman–Crippen MR) is 68.3 cm³/mol. The van der Waals surface area contributed by atoms with Crippen LogP contribution in [-0.2, 0) is 10.2 Å². The molecule has 88 valence electrons. The van der Waals surface area contributed by atoms with E-state index in [2.05, 4.69) is 19.1 Å². The highest BCUT2D eigenvalue weighted by atomic mass is 16.5. The number of ketones is 1. The van der Waals surface area contributed by atoms with E-state index in [0.717, 1.165) is 22.3 Å². The number of hydrogen-bond donors (Lipinski definition) is 0. The molecule has 0 amide bonds. The van der Waals surface area contributed by atoms with Gasteiger partial charge in [0.25, 0.3) is 0 Å². The first-order valence-electron chi connectivity index (χ1n) is 6.12. The number of fused-ring (bicyclic) bond motifs is 2. The molecule has 0 bridgehead atoms. The van der Waals surface area contributed by atoms with Crippen molar-refractivity contribution in [3.05, 3.63) is 70.5 Å². The fourth-order valence-electron chi connectivity index (χ4n) is 3.24. The van der Waals surface area contributed by atoms with Crippen LogP contribution in [0.2, 0.25) is 0 Å². The van der Waals surface area contributed by atoms with Crippen LogP contribution in [0.1, 0.15) is 22.8 Å². The molecule has 2 aliphatic carbocycles. The molecule has 1 unspecified atom stereocenters. The number of ether oxygens (including phenoxy) is 1. The van der Waals surface area contributed by atoms with Gasteiger partial charge >= 0.3 is 0 Å². The van der Waals surface area contributed by atoms with Crippen molar-refractivity contribution >= 4 is 5.78 Å². The van der Waals surface area contributed by atoms with Gasteiger partial charge in [-0.15, -0.1) is 0 Å². The number of benzene rings is 1. The number of carbonyl (C=O) groups excluding carboxylic acids is 1. The molecule has 2 heteroatoms. The van der Waals surface area contributed by atoms with Crippen LogP contribution >= 0.6 is 0 Å². The van der Waals surface area contributed by atoms with Gasteiger partial charge in [-0.25, -0.2) is 0 Å². The first-order chi connectivity index (χ1) is 8.72. The van der Waals surface area contributed by atoms with Gasteiger partial charge in [-0.3, -0.25) is 4.79 Å². The lowest BCUT2D eigenvalue weighted by Gasteiger charge is -2.35. The molecule has 1 heterocycles. The summed E-state index contributed by atoms with van der Waals surface area (Å²) in [6.45, 7) is 2.68. The Kier molecular flexibility index (Phi) is 1.66. The molecule has 0 radical (unpaired) electrons. The zero-order valence-corrected chi connectivity index (χ0v) is 10.1. The van der Waals surface area contributed by atoms with E-state index in [4.69, 9.17) is 4.74 Å². The Bertz CT molecular complexity index is 676. The molecule has 2 nitrogen and oxygen atoms in total. The Hall–Kier alpha value is -2.09. The summed E-state index contributed by atoms with van der Waals surface area (Å²) in [7, 11) is 0. The molecule has 18 heavy (non-hydrogen) atoms. The smallest absolute Gasteiger partial charge is 0.228 e. The van der Waals surface area contributed by atoms with Crippen LogP contribution in [0, 0.1) is 0 Å². The fourth-order valence-corrected chi connectivity index (χ4v) is 3.24. The van der Waals surface area contributed by atoms with E-state index in [1.165, 1.54) is 0 Å². The monoisotopic (exact) mass is 236 g/mol. The SMILES string of the molecule is CC12C=CC=C3COC(=C31)C(=O)c1ccccc12. The zero-order valence-electron chi connectivity index (χ0n) is 10.1. The maximum atomic E-state index is 12.4. The van der Waals surface area contributed by atoms with Crippen LogP contribution in [-0.4, -0.2) is 12.4 Å². The van der Waals surface area contributed by atoms with Gasteiger partial charge in [-0.05, 0) is 18.1 Å². The second-order valence-electron chi connectivity index (χ2n) is 5.12. The van der Waals surface area contributed by atoms with Gasteiger partial charge in [0.1, 0.15) is 6.61 Å². The number of carbonyl (C=O) groups is 1. The zero-order chi connectivity index (χ0) is 12.3. The molecule has 1 aromatic rings. The van der Waals surface area contributed by atoms with E-state index >= 15 is 0 Å². The summed E-state index contributed by atoms with van der Waals surface area (Å²) in [5.74, 6) is 0.573. The van der Waals surface area contributed by atoms with E-state index in [1.807, 2.05) is 30.3 Å². The highest BCUT2D eigenvalue weighted by Gasteiger charge is 2.46. The predicted octanol–water partition coefficient (Wildman–Crippen LogP) is 2.92. The Balaban J connectivity index is 2.11. The van der Waals surface area contributed by atoms with Gasteiger partial charge in [0.15, 0.2) is 5.76 Å². The number of Topliss-reactive ketones (excluding diaryl/α,β-unsaturated/α-hetero) is 1. The molecule has 0 N–H and O–H groups in total. The molecule has 0 saturated carbocycles. The molecular formula is C16H12O2. The first kappa shape index (κ1) is 9.89. The molecule has 0 spiro atoms. The van der Waals surface area contributed by atoms with Crippen LogP contribution in [0.15, 0.2) is 59.4 Å². The summed E-state index contributed by atoms with van der Waals surface area (Å²) < 4.78 is 5.63. The molecular weight excluding hydrogens is 224 g/mol. The summed E-state index contributed by atoms with van der Waals surface area (Å²) in [5.41, 5.74) is 3.83. The van der Waals surface area contributed by atoms with E-state index in [9.17, 15) is 4.79 Å². The van der Waals surface area contributed by atoms with Gasteiger partial charge in [-0.1, -0.05) is 42.5 Å². The van der Waals surface area contributed by atoms with Gasteiger partial charge in [0.05, 0.1) is 0 Å². The van der Waals surface area contributed by atoms with Crippen LogP contribution < -0.4 is 0 Å². The van der Waals surface area contributed by atoms with Crippen molar-refractivity contribution < 1.29 is 9.53 Å². The third-order valence-electron chi connectivity index (χ3n) is 4.10. The third kappa shape index (κ3) is 0.969. The molecule has 1 aromatic carbocycles. The highest BCUT2D eigenvalue weighted by molar-refractivity contribution is 6.12. The molecule has 0 fully saturated rings. The lowest BCUT2D eigenvalue weighted by atomic mass is 9.66. The van der Waals surface area contributed by atoms with E-state index in [1.54, 1.807) is 0 Å². The van der Waals surface area contributed by atoms with Gasteiger partial charge in [0.2, 0.25) is 5.78 Å². The summed E-state index contributed by atoms with van der Waals surface area (Å²) in [6.07, 6.45) is 6.27. The molecule has 3 aliphatic rings. The van der Waals surface area contributed by atoms with E-state index in [0.29, 0.717) is 12.4 Å². The Morgan fingerprint density at radius 2 is 2.11 bits per heavy atom. The quantitative estimate of drug-likeness (QED) is 0.692. The standard InChI is InChI=1S/C16H12O2/c1-16-8-4-5-10-9-18-15(13(10)16)14(17)11-6-2-3-7-12(11)16/h2-8H,9H2,1H3. The van der Waals surface area contributed by atoms with Crippen molar-refractivity contribution in [2.75, 3.05) is 6.61 Å². The lowest BCUT2D eigenvalue weighted by Crippen LogP contribution is -2.32. The Morgan fingerprint density at radius 1 is 1.28 bits per heavy atom. The largest absolute Gasteiger partial charge is 0.484 e. The van der Waals surface area contributed by atoms with E-state index < -0.39 is 0 Å². The first-order valence-corrected chi connectivity index (χ1v) is 6.12. The molecule has 0 aromatic heterocycles. The topological polar surface area (TPSA) is 26.3 Å². The number of rotatable bonds is 0. The van der Waals surface area contributed by atoms with Crippen molar-refractivity contribution in [1.82, 2.24) is 0 Å². The minimum Gasteiger partial charge on any atom is -0.484 e. The average molecular weight is 236 g/mol. The van der Waals surface area contributed by atoms with Gasteiger partial charge in [-0.2, -0.15) is 0 Å². The molecule has 0 saturated heterocycles. The number of hydrogen-bond acceptors (Lipinski definition) is 2. The minimum absolute atomic E-state index is 0.0248. The van der Waals surface area contributed by atoms with Crippen LogP contribution in [0.25, 0.3) is 0 Å². The van der Waals surface area contributed by atoms with E-state index in [-0.39, 0.29) is 11.2 Å². The maximum Gasteiger partial charge on any atom is 0.228 e. The van der Waals surface area contributed by atoms with Crippen molar-refractivity contribution in [3.63, 3.8) is 0 Å². The van der Waals surface area contributed by atoms with Crippen molar-refractivity contribution in [2.45, 2.75) is 12.3 Å². The second-order valence-corrected chi connectivity index (χ2v) is 5.12. The van der Waals surface area contributed by atoms with Crippen molar-refractivity contribution in [1.29, 1.82) is 0 Å². The van der Waals surface area contributed by atoms with Crippen LogP contribution in [0.3, 0.4) is 0 Å². The van der Waals surface area contributed by atoms with Crippen LogP contribution in [0.5, 0.6) is 0 Å². The Labute approximate surface area is 105 Å². The molecule has 4 rings (SSSR count). The fraction of sp³-hybridized carbons (Fsp3) is 0.188. The summed E-state index contributed by atoms with van der Waals surface area (Å²) >= 11 is 0. The maximum absolute atomic E-state index is 12.4. The van der Waals surface area contributed by atoms with Gasteiger partial charge < -0.3 is 4.74 Å². The highest BCUT2D eigenvalue weighted by Crippen LogP contribution is 2.49. The van der Waals surface area contributed by atoms with Crippen molar-refractivity contribution in [2.24, 2.45) is 0 Å². The summed E-state index contributed by atoms with van der Waals surface area (Å²) in [6, 6.07) is 7.83. The number of allylic oxidation sites excluding steroid dienone is 4. The molecule has 1 atom stereocenters. The average Bonchev–Trinajstić information content (AvgIpc) is 2.83. The van der Waals surface area contributed by atoms with Crippen LogP contribution in [0.4, 0.5) is 0 Å². The van der Waals surface area contributed by atoms with Crippen molar-refractivity contribution in [3.8, 4) is 0 Å². The molecule has 1 aliphatic heterocycles. The third-order valence-corrected chi connectivity index (χ3v) is 4.10. The van der Waals surface area contributed by atoms with Gasteiger partial charge in [0, 0.05) is 16.6 Å². The minimum atomic E-state index is -0.222. The normalized spacial score (nSPS) is 27.6. The summed E-state index contributed by atoms with van der Waals surface area (Å²) in [5, 5.41) is 0. The Morgan fingerprint density at radius 3 is 3.00 bits per heavy atom.